The SMILES string of the molecule is C[C@@H](NC(=O)c1ccc(Cl)cc1)c1ccc2c(c1)CCN2C. The third-order valence-electron chi connectivity index (χ3n) is 4.19. The fourth-order valence-electron chi connectivity index (χ4n) is 2.82. The van der Waals surface area contributed by atoms with Gasteiger partial charge in [-0.1, -0.05) is 23.7 Å². The molecule has 4 heteroatoms. The molecule has 1 atom stereocenters. The van der Waals surface area contributed by atoms with Crippen LogP contribution in [0.5, 0.6) is 0 Å². The predicted octanol–water partition coefficient (Wildman–Crippen LogP) is 3.82. The molecule has 2 aromatic carbocycles. The van der Waals surface area contributed by atoms with E-state index in [0.29, 0.717) is 10.6 Å². The smallest absolute Gasteiger partial charge is 0.251 e. The van der Waals surface area contributed by atoms with Crippen LogP contribution < -0.4 is 10.2 Å². The Morgan fingerprint density at radius 3 is 2.68 bits per heavy atom. The molecule has 0 saturated heterocycles. The first kappa shape index (κ1) is 14.9. The van der Waals surface area contributed by atoms with E-state index in [0.717, 1.165) is 18.5 Å². The number of amides is 1. The van der Waals surface area contributed by atoms with Crippen LogP contribution in [0.3, 0.4) is 0 Å². The van der Waals surface area contributed by atoms with E-state index in [1.807, 2.05) is 6.92 Å². The van der Waals surface area contributed by atoms with Crippen molar-refractivity contribution in [2.75, 3.05) is 18.5 Å². The molecule has 0 aliphatic carbocycles. The molecule has 0 spiro atoms. The molecule has 1 aliphatic rings. The lowest BCUT2D eigenvalue weighted by molar-refractivity contribution is 0.0940. The maximum absolute atomic E-state index is 12.3. The van der Waals surface area contributed by atoms with Gasteiger partial charge in [-0.2, -0.15) is 0 Å². The van der Waals surface area contributed by atoms with Crippen molar-refractivity contribution < 1.29 is 4.79 Å². The number of carbonyl (C=O) groups is 1. The van der Waals surface area contributed by atoms with Crippen LogP contribution in [-0.4, -0.2) is 19.5 Å². The van der Waals surface area contributed by atoms with Gasteiger partial charge < -0.3 is 10.2 Å². The summed E-state index contributed by atoms with van der Waals surface area (Å²) in [6.07, 6.45) is 1.07. The molecule has 0 unspecified atom stereocenters. The highest BCUT2D eigenvalue weighted by Crippen LogP contribution is 2.29. The highest BCUT2D eigenvalue weighted by Gasteiger charge is 2.18. The Morgan fingerprint density at radius 2 is 1.95 bits per heavy atom. The van der Waals surface area contributed by atoms with Crippen LogP contribution in [0.1, 0.15) is 34.5 Å². The first-order valence-corrected chi connectivity index (χ1v) is 7.83. The number of nitrogens with one attached hydrogen (secondary N) is 1. The second kappa shape index (κ2) is 6.01. The summed E-state index contributed by atoms with van der Waals surface area (Å²) in [6.45, 7) is 3.07. The van der Waals surface area contributed by atoms with Crippen LogP contribution in [0.4, 0.5) is 5.69 Å². The summed E-state index contributed by atoms with van der Waals surface area (Å²) in [7, 11) is 2.11. The summed E-state index contributed by atoms with van der Waals surface area (Å²) in [5.74, 6) is -0.0817. The minimum atomic E-state index is -0.0817. The summed E-state index contributed by atoms with van der Waals surface area (Å²) >= 11 is 5.85. The van der Waals surface area contributed by atoms with Crippen molar-refractivity contribution in [2.45, 2.75) is 19.4 Å². The first-order valence-electron chi connectivity index (χ1n) is 7.45. The number of benzene rings is 2. The van der Waals surface area contributed by atoms with E-state index < -0.39 is 0 Å². The molecule has 0 bridgehead atoms. The molecule has 2 aromatic rings. The van der Waals surface area contributed by atoms with Crippen LogP contribution in [0, 0.1) is 0 Å². The van der Waals surface area contributed by atoms with Gasteiger partial charge in [0.1, 0.15) is 0 Å². The van der Waals surface area contributed by atoms with Gasteiger partial charge in [0, 0.05) is 29.9 Å². The zero-order chi connectivity index (χ0) is 15.7. The number of halogens is 1. The van der Waals surface area contributed by atoms with E-state index in [4.69, 9.17) is 11.6 Å². The van der Waals surface area contributed by atoms with E-state index in [-0.39, 0.29) is 11.9 Å². The van der Waals surface area contributed by atoms with Crippen LogP contribution in [0.25, 0.3) is 0 Å². The van der Waals surface area contributed by atoms with Crippen molar-refractivity contribution in [1.82, 2.24) is 5.32 Å². The molecule has 0 saturated carbocycles. The summed E-state index contributed by atoms with van der Waals surface area (Å²) < 4.78 is 0. The Morgan fingerprint density at radius 1 is 1.23 bits per heavy atom. The fourth-order valence-corrected chi connectivity index (χ4v) is 2.95. The minimum absolute atomic E-state index is 0.0283. The van der Waals surface area contributed by atoms with Crippen molar-refractivity contribution in [3.63, 3.8) is 0 Å². The quantitative estimate of drug-likeness (QED) is 0.934. The summed E-state index contributed by atoms with van der Waals surface area (Å²) in [4.78, 5) is 14.5. The molecule has 1 heterocycles. The van der Waals surface area contributed by atoms with Crippen molar-refractivity contribution in [3.05, 3.63) is 64.2 Å². The summed E-state index contributed by atoms with van der Waals surface area (Å²) in [5, 5.41) is 3.67. The Balaban J connectivity index is 1.73. The lowest BCUT2D eigenvalue weighted by Crippen LogP contribution is -2.26. The lowest BCUT2D eigenvalue weighted by atomic mass is 10.0. The highest BCUT2D eigenvalue weighted by molar-refractivity contribution is 6.30. The number of carbonyl (C=O) groups excluding carboxylic acids is 1. The maximum atomic E-state index is 12.3. The largest absolute Gasteiger partial charge is 0.374 e. The van der Waals surface area contributed by atoms with Gasteiger partial charge in [-0.15, -0.1) is 0 Å². The van der Waals surface area contributed by atoms with E-state index in [1.165, 1.54) is 11.3 Å². The molecular weight excluding hydrogens is 296 g/mol. The van der Waals surface area contributed by atoms with E-state index in [2.05, 4.69) is 35.5 Å². The summed E-state index contributed by atoms with van der Waals surface area (Å²) in [6, 6.07) is 13.3. The third kappa shape index (κ3) is 2.95. The molecule has 1 amide bonds. The van der Waals surface area contributed by atoms with Crippen LogP contribution in [0.2, 0.25) is 5.02 Å². The Kier molecular flexibility index (Phi) is 4.08. The number of fused-ring (bicyclic) bond motifs is 1. The molecule has 1 aliphatic heterocycles. The zero-order valence-electron chi connectivity index (χ0n) is 12.8. The molecule has 1 N–H and O–H groups in total. The van der Waals surface area contributed by atoms with Gasteiger partial charge in [0.05, 0.1) is 6.04 Å². The fraction of sp³-hybridized carbons (Fsp3) is 0.278. The van der Waals surface area contributed by atoms with Crippen LogP contribution >= 0.6 is 11.6 Å². The third-order valence-corrected chi connectivity index (χ3v) is 4.44. The van der Waals surface area contributed by atoms with Gasteiger partial charge in [-0.3, -0.25) is 4.79 Å². The number of rotatable bonds is 3. The number of likely N-dealkylation sites (N-methyl/N-ethyl adjacent to an activating group) is 1. The minimum Gasteiger partial charge on any atom is -0.374 e. The number of hydrogen-bond donors (Lipinski definition) is 1. The van der Waals surface area contributed by atoms with Gasteiger partial charge >= 0.3 is 0 Å². The van der Waals surface area contributed by atoms with E-state index in [9.17, 15) is 4.79 Å². The zero-order valence-corrected chi connectivity index (χ0v) is 13.5. The molecular formula is C18H19ClN2O. The molecule has 0 fully saturated rings. The summed E-state index contributed by atoms with van der Waals surface area (Å²) in [5.41, 5.74) is 4.40. The highest BCUT2D eigenvalue weighted by atomic mass is 35.5. The van der Waals surface area contributed by atoms with Crippen molar-refractivity contribution in [1.29, 1.82) is 0 Å². The molecule has 22 heavy (non-hydrogen) atoms. The van der Waals surface area contributed by atoms with Gasteiger partial charge in [-0.25, -0.2) is 0 Å². The Hall–Kier alpha value is -2.00. The lowest BCUT2D eigenvalue weighted by Gasteiger charge is -2.17. The molecule has 3 rings (SSSR count). The number of hydrogen-bond acceptors (Lipinski definition) is 2. The Bertz CT molecular complexity index is 697. The average molecular weight is 315 g/mol. The Labute approximate surface area is 135 Å². The van der Waals surface area contributed by atoms with Gasteiger partial charge in [-0.05, 0) is 54.8 Å². The van der Waals surface area contributed by atoms with Crippen molar-refractivity contribution >= 4 is 23.2 Å². The normalized spacial score (nSPS) is 14.6. The molecule has 114 valence electrons. The molecule has 3 nitrogen and oxygen atoms in total. The monoisotopic (exact) mass is 314 g/mol. The predicted molar refractivity (Wildman–Crippen MR) is 90.7 cm³/mol. The van der Waals surface area contributed by atoms with E-state index in [1.54, 1.807) is 24.3 Å². The average Bonchev–Trinajstić information content (AvgIpc) is 2.88. The van der Waals surface area contributed by atoms with Crippen LogP contribution in [0.15, 0.2) is 42.5 Å². The second-order valence-corrected chi connectivity index (χ2v) is 6.20. The molecule has 0 aromatic heterocycles. The molecule has 0 radical (unpaired) electrons. The first-order chi connectivity index (χ1) is 10.5. The van der Waals surface area contributed by atoms with Gasteiger partial charge in [0.25, 0.3) is 5.91 Å². The number of nitrogens with zero attached hydrogens (tertiary/aromatic N) is 1. The number of anilines is 1. The van der Waals surface area contributed by atoms with Crippen LogP contribution in [-0.2, 0) is 6.42 Å². The topological polar surface area (TPSA) is 32.3 Å². The second-order valence-electron chi connectivity index (χ2n) is 5.76. The van der Waals surface area contributed by atoms with Crippen molar-refractivity contribution in [2.24, 2.45) is 0 Å². The maximum Gasteiger partial charge on any atom is 0.251 e. The standard InChI is InChI=1S/C18H19ClN2O/c1-12(20-18(22)13-3-6-16(19)7-4-13)14-5-8-17-15(11-14)9-10-21(17)2/h3-8,11-12H,9-10H2,1-2H3,(H,20,22)/t12-/m1/s1. The van der Waals surface area contributed by atoms with Gasteiger partial charge in [0.2, 0.25) is 0 Å². The van der Waals surface area contributed by atoms with Crippen molar-refractivity contribution in [3.8, 4) is 0 Å². The van der Waals surface area contributed by atoms with E-state index >= 15 is 0 Å². The van der Waals surface area contributed by atoms with Gasteiger partial charge in [0.15, 0.2) is 0 Å².